The quantitative estimate of drug-likeness (QED) is 0.551. The van der Waals surface area contributed by atoms with Crippen LogP contribution < -0.4 is 25.0 Å². The molecule has 3 aromatic rings. The van der Waals surface area contributed by atoms with Crippen molar-refractivity contribution in [1.29, 1.82) is 0 Å². The van der Waals surface area contributed by atoms with Crippen LogP contribution in [0, 0.1) is 0 Å². The molecule has 2 N–H and O–H groups in total. The maximum atomic E-state index is 12.4. The number of amides is 2. The third kappa shape index (κ3) is 5.45. The molecule has 160 valence electrons. The number of benzene rings is 2. The summed E-state index contributed by atoms with van der Waals surface area (Å²) >= 11 is 0. The highest BCUT2D eigenvalue weighted by Gasteiger charge is 2.16. The van der Waals surface area contributed by atoms with Crippen LogP contribution in [0.4, 0.5) is 21.9 Å². The third-order valence-electron chi connectivity index (χ3n) is 5.13. The average molecular weight is 418 g/mol. The van der Waals surface area contributed by atoms with Crippen LogP contribution in [0.5, 0.6) is 17.2 Å². The number of methoxy groups -OCH3 is 1. The monoisotopic (exact) mass is 418 g/mol. The van der Waals surface area contributed by atoms with Crippen molar-refractivity contribution in [2.45, 2.75) is 19.3 Å². The number of pyridine rings is 1. The summed E-state index contributed by atoms with van der Waals surface area (Å²) in [6.45, 7) is 2.06. The maximum absolute atomic E-state index is 12.4. The second-order valence-corrected chi connectivity index (χ2v) is 7.32. The molecule has 1 aliphatic rings. The summed E-state index contributed by atoms with van der Waals surface area (Å²) in [6.07, 6.45) is 7.00. The van der Waals surface area contributed by atoms with Crippen molar-refractivity contribution in [3.8, 4) is 17.2 Å². The Labute approximate surface area is 182 Å². The molecule has 7 heteroatoms. The number of carbonyl (C=O) groups is 1. The van der Waals surface area contributed by atoms with Crippen molar-refractivity contribution in [3.05, 3.63) is 67.0 Å². The molecule has 0 unspecified atom stereocenters. The molecule has 1 saturated heterocycles. The highest BCUT2D eigenvalue weighted by molar-refractivity contribution is 6.00. The van der Waals surface area contributed by atoms with E-state index >= 15 is 0 Å². The van der Waals surface area contributed by atoms with Crippen molar-refractivity contribution in [2.24, 2.45) is 0 Å². The van der Waals surface area contributed by atoms with E-state index in [1.165, 1.54) is 19.3 Å². The molecular weight excluding hydrogens is 392 g/mol. The lowest BCUT2D eigenvalue weighted by Crippen LogP contribution is -2.29. The fourth-order valence-corrected chi connectivity index (χ4v) is 3.59. The Hall–Kier alpha value is -3.74. The van der Waals surface area contributed by atoms with Gasteiger partial charge in [-0.1, -0.05) is 0 Å². The van der Waals surface area contributed by atoms with Crippen LogP contribution >= 0.6 is 0 Å². The predicted octanol–water partition coefficient (Wildman–Crippen LogP) is 5.52. The van der Waals surface area contributed by atoms with Crippen LogP contribution in [0.1, 0.15) is 19.3 Å². The van der Waals surface area contributed by atoms with E-state index in [0.29, 0.717) is 22.9 Å². The number of aromatic nitrogens is 1. The highest BCUT2D eigenvalue weighted by Crippen LogP contribution is 2.33. The van der Waals surface area contributed by atoms with E-state index in [2.05, 4.69) is 20.5 Å². The minimum Gasteiger partial charge on any atom is -0.495 e. The normalized spacial score (nSPS) is 13.4. The van der Waals surface area contributed by atoms with Crippen molar-refractivity contribution in [2.75, 3.05) is 35.7 Å². The SMILES string of the molecule is COc1cc(NC(=O)Nc2ccc(Oc3ccncc3)cc2)ccc1N1CCCCC1. The topological polar surface area (TPSA) is 75.7 Å². The molecule has 1 fully saturated rings. The summed E-state index contributed by atoms with van der Waals surface area (Å²) < 4.78 is 11.3. The molecule has 7 nitrogen and oxygen atoms in total. The van der Waals surface area contributed by atoms with Crippen molar-refractivity contribution >= 4 is 23.1 Å². The molecular formula is C24H26N4O3. The molecule has 0 bridgehead atoms. The standard InChI is InChI=1S/C24H26N4O3/c1-30-23-17-19(7-10-22(23)28-15-3-2-4-16-28)27-24(29)26-18-5-8-20(9-6-18)31-21-11-13-25-14-12-21/h5-14,17H,2-4,15-16H2,1H3,(H2,26,27,29). The number of hydrogen-bond acceptors (Lipinski definition) is 5. The van der Waals surface area contributed by atoms with Gasteiger partial charge in [-0.2, -0.15) is 0 Å². The minimum absolute atomic E-state index is 0.324. The van der Waals surface area contributed by atoms with Crippen LogP contribution in [0.15, 0.2) is 67.0 Å². The molecule has 2 heterocycles. The number of rotatable bonds is 6. The molecule has 0 spiro atoms. The lowest BCUT2D eigenvalue weighted by Gasteiger charge is -2.30. The molecule has 4 rings (SSSR count). The second kappa shape index (κ2) is 9.84. The van der Waals surface area contributed by atoms with E-state index in [1.54, 1.807) is 55.9 Å². The van der Waals surface area contributed by atoms with E-state index in [9.17, 15) is 4.79 Å². The van der Waals surface area contributed by atoms with E-state index in [1.807, 2.05) is 18.2 Å². The van der Waals surface area contributed by atoms with Gasteiger partial charge < -0.3 is 25.0 Å². The van der Waals surface area contributed by atoms with Gasteiger partial charge in [-0.15, -0.1) is 0 Å². The first-order valence-corrected chi connectivity index (χ1v) is 10.4. The summed E-state index contributed by atoms with van der Waals surface area (Å²) in [6, 6.07) is 16.2. The van der Waals surface area contributed by atoms with Gasteiger partial charge in [-0.05, 0) is 67.8 Å². The van der Waals surface area contributed by atoms with Crippen LogP contribution in [-0.4, -0.2) is 31.2 Å². The Morgan fingerprint density at radius 3 is 2.23 bits per heavy atom. The van der Waals surface area contributed by atoms with Crippen LogP contribution in [0.3, 0.4) is 0 Å². The van der Waals surface area contributed by atoms with Gasteiger partial charge in [0.1, 0.15) is 17.2 Å². The van der Waals surface area contributed by atoms with Crippen LogP contribution in [0.25, 0.3) is 0 Å². The molecule has 31 heavy (non-hydrogen) atoms. The van der Waals surface area contributed by atoms with Gasteiger partial charge in [-0.25, -0.2) is 4.79 Å². The van der Waals surface area contributed by atoms with E-state index in [4.69, 9.17) is 9.47 Å². The summed E-state index contributed by atoms with van der Waals surface area (Å²) in [4.78, 5) is 18.7. The molecule has 1 aromatic heterocycles. The summed E-state index contributed by atoms with van der Waals surface area (Å²) in [5.74, 6) is 2.14. The Morgan fingerprint density at radius 2 is 1.52 bits per heavy atom. The maximum Gasteiger partial charge on any atom is 0.323 e. The average Bonchev–Trinajstić information content (AvgIpc) is 2.81. The van der Waals surface area contributed by atoms with Gasteiger partial charge in [0.2, 0.25) is 0 Å². The van der Waals surface area contributed by atoms with Crippen LogP contribution in [-0.2, 0) is 0 Å². The fourth-order valence-electron chi connectivity index (χ4n) is 3.59. The van der Waals surface area contributed by atoms with Crippen molar-refractivity contribution < 1.29 is 14.3 Å². The predicted molar refractivity (Wildman–Crippen MR) is 122 cm³/mol. The molecule has 0 saturated carbocycles. The Morgan fingerprint density at radius 1 is 0.871 bits per heavy atom. The molecule has 0 radical (unpaired) electrons. The Kier molecular flexibility index (Phi) is 6.52. The molecule has 1 aliphatic heterocycles. The van der Waals surface area contributed by atoms with Crippen molar-refractivity contribution in [3.63, 3.8) is 0 Å². The number of piperidine rings is 1. The summed E-state index contributed by atoms with van der Waals surface area (Å²) in [7, 11) is 1.65. The number of nitrogens with zero attached hydrogens (tertiary/aromatic N) is 2. The molecule has 2 aromatic carbocycles. The zero-order valence-corrected chi connectivity index (χ0v) is 17.5. The fraction of sp³-hybridized carbons (Fsp3) is 0.250. The first kappa shape index (κ1) is 20.5. The van der Waals surface area contributed by atoms with E-state index in [-0.39, 0.29) is 6.03 Å². The lowest BCUT2D eigenvalue weighted by atomic mass is 10.1. The first-order valence-electron chi connectivity index (χ1n) is 10.4. The lowest BCUT2D eigenvalue weighted by molar-refractivity contribution is 0.262. The van der Waals surface area contributed by atoms with Crippen molar-refractivity contribution in [1.82, 2.24) is 4.98 Å². The Balaban J connectivity index is 1.36. The number of urea groups is 1. The summed E-state index contributed by atoms with van der Waals surface area (Å²) in [5, 5.41) is 5.69. The largest absolute Gasteiger partial charge is 0.495 e. The number of carbonyl (C=O) groups excluding carboxylic acids is 1. The van der Waals surface area contributed by atoms with Crippen LogP contribution in [0.2, 0.25) is 0 Å². The highest BCUT2D eigenvalue weighted by atomic mass is 16.5. The minimum atomic E-state index is -0.324. The first-order chi connectivity index (χ1) is 15.2. The van der Waals surface area contributed by atoms with Gasteiger partial charge in [-0.3, -0.25) is 4.98 Å². The molecule has 2 amide bonds. The van der Waals surface area contributed by atoms with E-state index in [0.717, 1.165) is 24.5 Å². The van der Waals surface area contributed by atoms with E-state index < -0.39 is 0 Å². The van der Waals surface area contributed by atoms with Gasteiger partial charge in [0.05, 0.1) is 12.8 Å². The zero-order valence-electron chi connectivity index (χ0n) is 17.5. The van der Waals surface area contributed by atoms with Gasteiger partial charge in [0.25, 0.3) is 0 Å². The van der Waals surface area contributed by atoms with Gasteiger partial charge in [0, 0.05) is 42.9 Å². The summed E-state index contributed by atoms with van der Waals surface area (Å²) in [5.41, 5.74) is 2.40. The second-order valence-electron chi connectivity index (χ2n) is 7.32. The number of ether oxygens (including phenoxy) is 2. The smallest absolute Gasteiger partial charge is 0.323 e. The Bertz CT molecular complexity index is 1000. The van der Waals surface area contributed by atoms with Gasteiger partial charge >= 0.3 is 6.03 Å². The number of anilines is 3. The third-order valence-corrected chi connectivity index (χ3v) is 5.13. The molecule has 0 atom stereocenters. The zero-order chi connectivity index (χ0) is 21.5. The number of nitrogens with one attached hydrogen (secondary N) is 2. The number of hydrogen-bond donors (Lipinski definition) is 2. The molecule has 0 aliphatic carbocycles. The van der Waals surface area contributed by atoms with Gasteiger partial charge in [0.15, 0.2) is 0 Å².